The molecule has 2 aromatic rings. The minimum absolute atomic E-state index is 0.252. The molecule has 126 valence electrons. The average Bonchev–Trinajstić information content (AvgIpc) is 2.56. The summed E-state index contributed by atoms with van der Waals surface area (Å²) >= 11 is 3.31. The van der Waals surface area contributed by atoms with Gasteiger partial charge in [-0.25, -0.2) is 4.79 Å². The van der Waals surface area contributed by atoms with Gasteiger partial charge in [0, 0.05) is 10.2 Å². The third-order valence-corrected chi connectivity index (χ3v) is 3.81. The highest BCUT2D eigenvalue weighted by Crippen LogP contribution is 2.19. The highest BCUT2D eigenvalue weighted by Gasteiger charge is 2.11. The molecule has 0 spiro atoms. The Kier molecular flexibility index (Phi) is 6.37. The normalized spacial score (nSPS) is 10.1. The molecular formula is C18H18BrNO4. The first kappa shape index (κ1) is 18.0. The van der Waals surface area contributed by atoms with E-state index in [1.807, 2.05) is 32.0 Å². The molecule has 2 aromatic carbocycles. The zero-order valence-electron chi connectivity index (χ0n) is 13.5. The lowest BCUT2D eigenvalue weighted by atomic mass is 10.1. The van der Waals surface area contributed by atoms with Crippen molar-refractivity contribution in [3.63, 3.8) is 0 Å². The number of aryl methyl sites for hydroxylation is 2. The molecule has 6 heteroatoms. The quantitative estimate of drug-likeness (QED) is 0.763. The predicted molar refractivity (Wildman–Crippen MR) is 95.1 cm³/mol. The second-order valence-electron chi connectivity index (χ2n) is 5.22. The first-order valence-electron chi connectivity index (χ1n) is 7.36. The summed E-state index contributed by atoms with van der Waals surface area (Å²) in [4.78, 5) is 23.5. The predicted octanol–water partition coefficient (Wildman–Crippen LogP) is 3.63. The molecule has 0 saturated carbocycles. The van der Waals surface area contributed by atoms with Gasteiger partial charge in [0.25, 0.3) is 5.91 Å². The maximum Gasteiger partial charge on any atom is 0.344 e. The van der Waals surface area contributed by atoms with Crippen molar-refractivity contribution >= 4 is 33.5 Å². The monoisotopic (exact) mass is 391 g/mol. The van der Waals surface area contributed by atoms with Crippen LogP contribution >= 0.6 is 15.9 Å². The van der Waals surface area contributed by atoms with Gasteiger partial charge < -0.3 is 14.8 Å². The first-order chi connectivity index (χ1) is 11.5. The van der Waals surface area contributed by atoms with Crippen molar-refractivity contribution in [3.8, 4) is 5.75 Å². The number of hydrogen-bond acceptors (Lipinski definition) is 4. The van der Waals surface area contributed by atoms with Crippen molar-refractivity contribution in [1.82, 2.24) is 0 Å². The molecular weight excluding hydrogens is 374 g/mol. The summed E-state index contributed by atoms with van der Waals surface area (Å²) in [6.07, 6.45) is 0. The molecule has 0 aliphatic carbocycles. The zero-order valence-corrected chi connectivity index (χ0v) is 15.1. The van der Waals surface area contributed by atoms with E-state index in [2.05, 4.69) is 21.2 Å². The maximum absolute atomic E-state index is 11.9. The Hall–Kier alpha value is -2.34. The summed E-state index contributed by atoms with van der Waals surface area (Å²) in [5.74, 6) is -0.436. The molecule has 0 heterocycles. The second-order valence-corrected chi connectivity index (χ2v) is 6.13. The van der Waals surface area contributed by atoms with Crippen LogP contribution in [-0.4, -0.2) is 25.1 Å². The molecule has 0 atom stereocenters. The lowest BCUT2D eigenvalue weighted by Crippen LogP contribution is -2.24. The maximum atomic E-state index is 11.9. The van der Waals surface area contributed by atoms with Crippen molar-refractivity contribution < 1.29 is 19.1 Å². The number of rotatable bonds is 6. The van der Waals surface area contributed by atoms with Gasteiger partial charge >= 0.3 is 5.97 Å². The van der Waals surface area contributed by atoms with Gasteiger partial charge in [-0.1, -0.05) is 34.1 Å². The summed E-state index contributed by atoms with van der Waals surface area (Å²) in [7, 11) is 0. The van der Waals surface area contributed by atoms with E-state index in [0.717, 1.165) is 21.3 Å². The lowest BCUT2D eigenvalue weighted by molar-refractivity contribution is -0.149. The van der Waals surface area contributed by atoms with Crippen LogP contribution in [-0.2, 0) is 14.3 Å². The Morgan fingerprint density at radius 2 is 1.62 bits per heavy atom. The fraction of sp³-hybridized carbons (Fsp3) is 0.222. The number of anilines is 1. The van der Waals surface area contributed by atoms with Gasteiger partial charge in [-0.2, -0.15) is 0 Å². The molecule has 0 aliphatic heterocycles. The van der Waals surface area contributed by atoms with Crippen molar-refractivity contribution in [3.05, 3.63) is 58.1 Å². The standard InChI is InChI=1S/C18H18BrNO4/c1-12-4-3-5-13(2)18(12)20-16(21)10-24-17(22)11-23-15-8-6-14(19)7-9-15/h3-9H,10-11H2,1-2H3,(H,20,21). The Bertz CT molecular complexity index is 708. The Morgan fingerprint density at radius 3 is 2.25 bits per heavy atom. The summed E-state index contributed by atoms with van der Waals surface area (Å²) < 4.78 is 11.1. The van der Waals surface area contributed by atoms with Crippen LogP contribution in [0.5, 0.6) is 5.75 Å². The number of nitrogens with one attached hydrogen (secondary N) is 1. The molecule has 5 nitrogen and oxygen atoms in total. The number of para-hydroxylation sites is 1. The SMILES string of the molecule is Cc1cccc(C)c1NC(=O)COC(=O)COc1ccc(Br)cc1. The van der Waals surface area contributed by atoms with Gasteiger partial charge in [-0.15, -0.1) is 0 Å². The second kappa shape index (κ2) is 8.49. The molecule has 0 unspecified atom stereocenters. The molecule has 0 saturated heterocycles. The summed E-state index contributed by atoms with van der Waals surface area (Å²) in [5, 5.41) is 2.75. The van der Waals surface area contributed by atoms with Gasteiger partial charge in [0.05, 0.1) is 0 Å². The summed E-state index contributed by atoms with van der Waals surface area (Å²) in [6, 6.07) is 12.8. The molecule has 0 radical (unpaired) electrons. The van der Waals surface area contributed by atoms with E-state index >= 15 is 0 Å². The van der Waals surface area contributed by atoms with Gasteiger partial charge in [-0.3, -0.25) is 4.79 Å². The van der Waals surface area contributed by atoms with Crippen LogP contribution in [0.15, 0.2) is 46.9 Å². The molecule has 0 bridgehead atoms. The highest BCUT2D eigenvalue weighted by atomic mass is 79.9. The van der Waals surface area contributed by atoms with E-state index < -0.39 is 5.97 Å². The number of ether oxygens (including phenoxy) is 2. The number of amides is 1. The number of carbonyl (C=O) groups excluding carboxylic acids is 2. The lowest BCUT2D eigenvalue weighted by Gasteiger charge is -2.11. The topological polar surface area (TPSA) is 64.6 Å². The van der Waals surface area contributed by atoms with Crippen molar-refractivity contribution in [1.29, 1.82) is 0 Å². The summed E-state index contributed by atoms with van der Waals surface area (Å²) in [6.45, 7) is 3.20. The minimum atomic E-state index is -0.602. The fourth-order valence-corrected chi connectivity index (χ4v) is 2.31. The first-order valence-corrected chi connectivity index (χ1v) is 8.15. The van der Waals surface area contributed by atoms with Gasteiger partial charge in [-0.05, 0) is 49.2 Å². The molecule has 24 heavy (non-hydrogen) atoms. The van der Waals surface area contributed by atoms with Crippen LogP contribution in [0, 0.1) is 13.8 Å². The van der Waals surface area contributed by atoms with Gasteiger partial charge in [0.1, 0.15) is 5.75 Å². The van der Waals surface area contributed by atoms with Crippen molar-refractivity contribution in [2.75, 3.05) is 18.5 Å². The van der Waals surface area contributed by atoms with E-state index in [9.17, 15) is 9.59 Å². The molecule has 0 aliphatic rings. The number of hydrogen-bond donors (Lipinski definition) is 1. The van der Waals surface area contributed by atoms with E-state index in [1.165, 1.54) is 0 Å². The van der Waals surface area contributed by atoms with Crippen LogP contribution in [0.3, 0.4) is 0 Å². The Balaban J connectivity index is 1.77. The van der Waals surface area contributed by atoms with E-state index in [4.69, 9.17) is 9.47 Å². The fourth-order valence-electron chi connectivity index (χ4n) is 2.05. The van der Waals surface area contributed by atoms with Crippen LogP contribution in [0.2, 0.25) is 0 Å². The Morgan fingerprint density at radius 1 is 1.00 bits per heavy atom. The number of benzene rings is 2. The molecule has 1 amide bonds. The number of carbonyl (C=O) groups is 2. The van der Waals surface area contributed by atoms with E-state index in [1.54, 1.807) is 24.3 Å². The largest absolute Gasteiger partial charge is 0.482 e. The third-order valence-electron chi connectivity index (χ3n) is 3.28. The van der Waals surface area contributed by atoms with E-state index in [0.29, 0.717) is 5.75 Å². The molecule has 0 aromatic heterocycles. The van der Waals surface area contributed by atoms with Gasteiger partial charge in [0.15, 0.2) is 13.2 Å². The summed E-state index contributed by atoms with van der Waals surface area (Å²) in [5.41, 5.74) is 2.64. The minimum Gasteiger partial charge on any atom is -0.482 e. The number of esters is 1. The van der Waals surface area contributed by atoms with Crippen molar-refractivity contribution in [2.24, 2.45) is 0 Å². The molecule has 2 rings (SSSR count). The average molecular weight is 392 g/mol. The Labute approximate surface area is 149 Å². The molecule has 0 fully saturated rings. The van der Waals surface area contributed by atoms with Crippen LogP contribution in [0.25, 0.3) is 0 Å². The molecule has 1 N–H and O–H groups in total. The van der Waals surface area contributed by atoms with Crippen molar-refractivity contribution in [2.45, 2.75) is 13.8 Å². The van der Waals surface area contributed by atoms with Crippen LogP contribution in [0.4, 0.5) is 5.69 Å². The van der Waals surface area contributed by atoms with Crippen LogP contribution < -0.4 is 10.1 Å². The zero-order chi connectivity index (χ0) is 17.5. The smallest absolute Gasteiger partial charge is 0.344 e. The van der Waals surface area contributed by atoms with Gasteiger partial charge in [0.2, 0.25) is 0 Å². The number of halogens is 1. The van der Waals surface area contributed by atoms with Crippen LogP contribution in [0.1, 0.15) is 11.1 Å². The van der Waals surface area contributed by atoms with E-state index in [-0.39, 0.29) is 19.1 Å². The third kappa shape index (κ3) is 5.38. The highest BCUT2D eigenvalue weighted by molar-refractivity contribution is 9.10.